The molecular weight excluding hydrogens is 312 g/mol. The molecule has 2 aromatic carbocycles. The van der Waals surface area contributed by atoms with Crippen LogP contribution in [-0.2, 0) is 16.6 Å². The van der Waals surface area contributed by atoms with E-state index in [0.29, 0.717) is 0 Å². The monoisotopic (exact) mass is 322 g/mol. The molecule has 0 aliphatic carbocycles. The number of fused-ring (bicyclic) bond motifs is 1. The van der Waals surface area contributed by atoms with Crippen LogP contribution in [-0.4, -0.2) is 24.5 Å². The van der Waals surface area contributed by atoms with E-state index in [4.69, 9.17) is 11.6 Å². The summed E-state index contributed by atoms with van der Waals surface area (Å²) < 4.78 is 27.6. The van der Waals surface area contributed by atoms with Crippen molar-refractivity contribution in [1.29, 1.82) is 0 Å². The van der Waals surface area contributed by atoms with E-state index in [9.17, 15) is 13.6 Å². The Morgan fingerprint density at radius 3 is 2.52 bits per heavy atom. The first-order chi connectivity index (χ1) is 9.99. The van der Waals surface area contributed by atoms with Gasteiger partial charge in [-0.05, 0) is 17.7 Å². The Morgan fingerprint density at radius 1 is 1.10 bits per heavy atom. The van der Waals surface area contributed by atoms with Crippen molar-refractivity contribution >= 4 is 27.5 Å². The standard InChI is InChI=1S/C14H11ClN2O3S/c15-11-7-4-8-12-13(11)14(16-21(12,19)20)17(18)9-10-5-2-1-3-6-10/h1-8,18H,9H2. The molecule has 1 heterocycles. The SMILES string of the molecule is O=S1(=O)N=C(N(O)Cc2ccccc2)c2c(Cl)cccc21. The van der Waals surface area contributed by atoms with Crippen LogP contribution < -0.4 is 0 Å². The number of nitrogens with zero attached hydrogens (tertiary/aromatic N) is 2. The molecule has 0 spiro atoms. The Bertz CT molecular complexity index is 819. The van der Waals surface area contributed by atoms with Crippen LogP contribution in [0.1, 0.15) is 11.1 Å². The molecule has 0 radical (unpaired) electrons. The molecule has 2 aromatic rings. The zero-order chi connectivity index (χ0) is 15.0. The maximum atomic E-state index is 12.0. The molecule has 7 heteroatoms. The van der Waals surface area contributed by atoms with Crippen molar-refractivity contribution in [1.82, 2.24) is 5.06 Å². The molecule has 0 saturated heterocycles. The number of halogens is 1. The zero-order valence-corrected chi connectivity index (χ0v) is 12.3. The van der Waals surface area contributed by atoms with Crippen molar-refractivity contribution in [3.63, 3.8) is 0 Å². The molecule has 21 heavy (non-hydrogen) atoms. The maximum absolute atomic E-state index is 12.0. The highest BCUT2D eigenvalue weighted by atomic mass is 35.5. The minimum atomic E-state index is -3.81. The van der Waals surface area contributed by atoms with E-state index in [0.717, 1.165) is 10.6 Å². The van der Waals surface area contributed by atoms with Crippen LogP contribution in [0.5, 0.6) is 0 Å². The van der Waals surface area contributed by atoms with Crippen molar-refractivity contribution in [2.45, 2.75) is 11.4 Å². The fourth-order valence-corrected chi connectivity index (χ4v) is 3.69. The van der Waals surface area contributed by atoms with Crippen LogP contribution in [0.4, 0.5) is 0 Å². The summed E-state index contributed by atoms with van der Waals surface area (Å²) >= 11 is 6.06. The smallest absolute Gasteiger partial charge is 0.285 e. The van der Waals surface area contributed by atoms with Crippen LogP contribution in [0.3, 0.4) is 0 Å². The Kier molecular flexibility index (Phi) is 3.44. The van der Waals surface area contributed by atoms with Crippen LogP contribution in [0.2, 0.25) is 5.02 Å². The van der Waals surface area contributed by atoms with Crippen molar-refractivity contribution in [2.75, 3.05) is 0 Å². The van der Waals surface area contributed by atoms with Gasteiger partial charge < -0.3 is 0 Å². The van der Waals surface area contributed by atoms with Crippen LogP contribution >= 0.6 is 11.6 Å². The normalized spacial score (nSPS) is 15.4. The molecule has 0 unspecified atom stereocenters. The number of hydrogen-bond donors (Lipinski definition) is 1. The number of amidine groups is 1. The minimum absolute atomic E-state index is 0.0112. The molecule has 0 amide bonds. The fraction of sp³-hybridized carbons (Fsp3) is 0.0714. The third-order valence-corrected chi connectivity index (χ3v) is 4.73. The van der Waals surface area contributed by atoms with Crippen molar-refractivity contribution in [3.05, 3.63) is 64.7 Å². The molecular formula is C14H11ClN2O3S. The molecule has 1 N–H and O–H groups in total. The van der Waals surface area contributed by atoms with Gasteiger partial charge in [-0.2, -0.15) is 8.42 Å². The summed E-state index contributed by atoms with van der Waals surface area (Å²) in [6.07, 6.45) is 0. The Morgan fingerprint density at radius 2 is 1.81 bits per heavy atom. The second-order valence-corrected chi connectivity index (χ2v) is 6.53. The van der Waals surface area contributed by atoms with Crippen molar-refractivity contribution < 1.29 is 13.6 Å². The average molecular weight is 323 g/mol. The quantitative estimate of drug-likeness (QED) is 0.863. The molecule has 0 aromatic heterocycles. The van der Waals surface area contributed by atoms with Gasteiger partial charge in [0.15, 0.2) is 5.84 Å². The number of sulfonamides is 1. The molecule has 108 valence electrons. The average Bonchev–Trinajstić information content (AvgIpc) is 2.73. The lowest BCUT2D eigenvalue weighted by molar-refractivity contribution is -0.0217. The number of benzene rings is 2. The molecule has 0 atom stereocenters. The first-order valence-electron chi connectivity index (χ1n) is 6.13. The molecule has 5 nitrogen and oxygen atoms in total. The van der Waals surface area contributed by atoms with E-state index in [-0.39, 0.29) is 27.9 Å². The van der Waals surface area contributed by atoms with Gasteiger partial charge in [0.2, 0.25) is 0 Å². The first-order valence-corrected chi connectivity index (χ1v) is 7.95. The zero-order valence-electron chi connectivity index (χ0n) is 10.8. The van der Waals surface area contributed by atoms with Gasteiger partial charge in [-0.15, -0.1) is 4.40 Å². The lowest BCUT2D eigenvalue weighted by atomic mass is 10.2. The van der Waals surface area contributed by atoms with Gasteiger partial charge in [0, 0.05) is 0 Å². The van der Waals surface area contributed by atoms with E-state index in [2.05, 4.69) is 4.40 Å². The molecule has 1 aliphatic rings. The van der Waals surface area contributed by atoms with Crippen LogP contribution in [0.15, 0.2) is 57.8 Å². The van der Waals surface area contributed by atoms with Gasteiger partial charge in [0.1, 0.15) is 4.90 Å². The molecule has 0 fully saturated rings. The summed E-state index contributed by atoms with van der Waals surface area (Å²) in [7, 11) is -3.81. The van der Waals surface area contributed by atoms with Gasteiger partial charge in [0.25, 0.3) is 10.0 Å². The van der Waals surface area contributed by atoms with E-state index in [1.165, 1.54) is 12.1 Å². The lowest BCUT2D eigenvalue weighted by Gasteiger charge is -2.17. The number of rotatable bonds is 2. The highest BCUT2D eigenvalue weighted by Crippen LogP contribution is 2.32. The summed E-state index contributed by atoms with van der Waals surface area (Å²) in [6.45, 7) is 0.111. The first kappa shape index (κ1) is 14.1. The highest BCUT2D eigenvalue weighted by molar-refractivity contribution is 7.90. The Balaban J connectivity index is 2.01. The number of hydroxylamine groups is 2. The van der Waals surface area contributed by atoms with Gasteiger partial charge in [-0.1, -0.05) is 48.0 Å². The van der Waals surface area contributed by atoms with Crippen molar-refractivity contribution in [3.8, 4) is 0 Å². The summed E-state index contributed by atoms with van der Waals surface area (Å²) in [6, 6.07) is 13.7. The highest BCUT2D eigenvalue weighted by Gasteiger charge is 2.33. The lowest BCUT2D eigenvalue weighted by Crippen LogP contribution is -2.27. The van der Waals surface area contributed by atoms with Crippen LogP contribution in [0, 0.1) is 0 Å². The summed E-state index contributed by atoms with van der Waals surface area (Å²) in [5, 5.41) is 11.2. The number of hydrogen-bond acceptors (Lipinski definition) is 4. The van der Waals surface area contributed by atoms with Gasteiger partial charge in [0.05, 0.1) is 17.1 Å². The largest absolute Gasteiger partial charge is 0.287 e. The predicted molar refractivity (Wildman–Crippen MR) is 78.9 cm³/mol. The van der Waals surface area contributed by atoms with Gasteiger partial charge in [-0.25, -0.2) is 5.06 Å². The second kappa shape index (κ2) is 5.14. The maximum Gasteiger partial charge on any atom is 0.285 e. The van der Waals surface area contributed by atoms with Gasteiger partial charge in [-0.3, -0.25) is 5.21 Å². The topological polar surface area (TPSA) is 70.0 Å². The van der Waals surface area contributed by atoms with Crippen LogP contribution in [0.25, 0.3) is 0 Å². The molecule has 0 bridgehead atoms. The second-order valence-electron chi connectivity index (χ2n) is 4.55. The molecule has 3 rings (SSSR count). The summed E-state index contributed by atoms with van der Waals surface area (Å²) in [5.74, 6) is -0.0561. The third-order valence-electron chi connectivity index (χ3n) is 3.10. The van der Waals surface area contributed by atoms with Crippen molar-refractivity contribution in [2.24, 2.45) is 4.40 Å². The van der Waals surface area contributed by atoms with E-state index in [1.54, 1.807) is 6.07 Å². The predicted octanol–water partition coefficient (Wildman–Crippen LogP) is 2.68. The fourth-order valence-electron chi connectivity index (χ4n) is 2.15. The molecule has 0 saturated carbocycles. The Labute approximate surface area is 127 Å². The minimum Gasteiger partial charge on any atom is -0.287 e. The van der Waals surface area contributed by atoms with E-state index in [1.807, 2.05) is 30.3 Å². The Hall–Kier alpha value is -1.89. The van der Waals surface area contributed by atoms with Gasteiger partial charge >= 0.3 is 0 Å². The third kappa shape index (κ3) is 2.53. The summed E-state index contributed by atoms with van der Waals surface area (Å²) in [4.78, 5) is 0.0112. The molecule has 1 aliphatic heterocycles. The van der Waals surface area contributed by atoms with E-state index >= 15 is 0 Å². The summed E-state index contributed by atoms with van der Waals surface area (Å²) in [5.41, 5.74) is 1.05. The van der Waals surface area contributed by atoms with E-state index < -0.39 is 10.0 Å².